The van der Waals surface area contributed by atoms with Gasteiger partial charge in [-0.15, -0.1) is 0 Å². The second-order valence-electron chi connectivity index (χ2n) is 5.68. The van der Waals surface area contributed by atoms with E-state index in [4.69, 9.17) is 14.9 Å². The lowest BCUT2D eigenvalue weighted by Gasteiger charge is -2.26. The molecule has 1 aliphatic heterocycles. The van der Waals surface area contributed by atoms with E-state index in [-0.39, 0.29) is 0 Å². The number of aryl methyl sites for hydroxylation is 1. The van der Waals surface area contributed by atoms with Crippen molar-refractivity contribution >= 4 is 16.9 Å². The van der Waals surface area contributed by atoms with Gasteiger partial charge in [-0.05, 0) is 31.9 Å². The molecule has 5 nitrogen and oxygen atoms in total. The first-order chi connectivity index (χ1) is 10.8. The number of nitrogens with zero attached hydrogens (tertiary/aromatic N) is 1. The van der Waals surface area contributed by atoms with Gasteiger partial charge in [0.15, 0.2) is 5.76 Å². The van der Waals surface area contributed by atoms with Crippen molar-refractivity contribution in [1.29, 1.82) is 0 Å². The third kappa shape index (κ3) is 3.31. The number of carbonyl (C=O) groups excluding carboxylic acids is 1. The van der Waals surface area contributed by atoms with E-state index in [0.717, 1.165) is 68.6 Å². The van der Waals surface area contributed by atoms with E-state index < -0.39 is 5.91 Å². The van der Waals surface area contributed by atoms with Crippen molar-refractivity contribution in [2.75, 3.05) is 32.8 Å². The van der Waals surface area contributed by atoms with Crippen LogP contribution in [-0.2, 0) is 11.2 Å². The summed E-state index contributed by atoms with van der Waals surface area (Å²) in [5, 5.41) is 1.00. The lowest BCUT2D eigenvalue weighted by Crippen LogP contribution is -2.36. The second kappa shape index (κ2) is 6.94. The fraction of sp³-hybridized carbons (Fsp3) is 0.471. The quantitative estimate of drug-likeness (QED) is 0.831. The fourth-order valence-electron chi connectivity index (χ4n) is 3.01. The Morgan fingerprint density at radius 1 is 1.18 bits per heavy atom. The number of benzene rings is 1. The van der Waals surface area contributed by atoms with Gasteiger partial charge in [0.2, 0.25) is 0 Å². The molecule has 0 atom stereocenters. The van der Waals surface area contributed by atoms with Crippen molar-refractivity contribution in [2.24, 2.45) is 5.73 Å². The number of fused-ring (bicyclic) bond motifs is 1. The Hall–Kier alpha value is -1.85. The molecular weight excluding hydrogens is 280 g/mol. The first-order valence-electron chi connectivity index (χ1n) is 7.86. The number of unbranched alkanes of at least 4 members (excludes halogenated alkanes) is 1. The number of hydrogen-bond acceptors (Lipinski definition) is 4. The molecular formula is C17H22N2O3. The van der Waals surface area contributed by atoms with E-state index >= 15 is 0 Å². The van der Waals surface area contributed by atoms with Gasteiger partial charge in [-0.25, -0.2) is 0 Å². The Morgan fingerprint density at radius 3 is 2.73 bits per heavy atom. The van der Waals surface area contributed by atoms with Crippen LogP contribution in [0.5, 0.6) is 0 Å². The lowest BCUT2D eigenvalue weighted by molar-refractivity contribution is 0.0372. The number of furan rings is 1. The predicted molar refractivity (Wildman–Crippen MR) is 84.9 cm³/mol. The zero-order chi connectivity index (χ0) is 15.4. The van der Waals surface area contributed by atoms with Crippen LogP contribution >= 0.6 is 0 Å². The highest BCUT2D eigenvalue weighted by atomic mass is 16.5. The number of primary amides is 1. The molecule has 22 heavy (non-hydrogen) atoms. The first-order valence-corrected chi connectivity index (χ1v) is 7.86. The average Bonchev–Trinajstić information content (AvgIpc) is 2.92. The molecule has 1 fully saturated rings. The van der Waals surface area contributed by atoms with Crippen molar-refractivity contribution in [3.8, 4) is 0 Å². The minimum absolute atomic E-state index is 0.313. The Kier molecular flexibility index (Phi) is 4.75. The van der Waals surface area contributed by atoms with E-state index in [1.54, 1.807) is 0 Å². The largest absolute Gasteiger partial charge is 0.451 e. The number of para-hydroxylation sites is 1. The van der Waals surface area contributed by atoms with Crippen LogP contribution in [0, 0.1) is 0 Å². The van der Waals surface area contributed by atoms with Crippen molar-refractivity contribution in [3.05, 3.63) is 35.6 Å². The minimum Gasteiger partial charge on any atom is -0.451 e. The Bertz CT molecular complexity index is 644. The van der Waals surface area contributed by atoms with Crippen LogP contribution in [0.2, 0.25) is 0 Å². The summed E-state index contributed by atoms with van der Waals surface area (Å²) in [5.41, 5.74) is 7.13. The van der Waals surface area contributed by atoms with E-state index in [2.05, 4.69) is 4.90 Å². The summed E-state index contributed by atoms with van der Waals surface area (Å²) in [7, 11) is 0. The number of amides is 1. The maximum absolute atomic E-state index is 11.6. The van der Waals surface area contributed by atoms with E-state index in [1.807, 2.05) is 24.3 Å². The second-order valence-corrected chi connectivity index (χ2v) is 5.68. The number of hydrogen-bond donors (Lipinski definition) is 1. The van der Waals surface area contributed by atoms with Crippen LogP contribution < -0.4 is 5.73 Å². The molecule has 2 aromatic rings. The maximum Gasteiger partial charge on any atom is 0.284 e. The molecule has 0 radical (unpaired) electrons. The molecule has 3 rings (SSSR count). The molecule has 0 spiro atoms. The lowest BCUT2D eigenvalue weighted by atomic mass is 10.0. The molecule has 2 heterocycles. The monoisotopic (exact) mass is 302 g/mol. The van der Waals surface area contributed by atoms with Gasteiger partial charge in [0.25, 0.3) is 5.91 Å². The van der Waals surface area contributed by atoms with Gasteiger partial charge < -0.3 is 14.9 Å². The number of carbonyl (C=O) groups is 1. The Labute approximate surface area is 130 Å². The van der Waals surface area contributed by atoms with Crippen molar-refractivity contribution in [3.63, 3.8) is 0 Å². The molecule has 1 amide bonds. The molecule has 0 bridgehead atoms. The van der Waals surface area contributed by atoms with Gasteiger partial charge >= 0.3 is 0 Å². The molecule has 1 aromatic carbocycles. The van der Waals surface area contributed by atoms with E-state index in [0.29, 0.717) is 5.76 Å². The van der Waals surface area contributed by atoms with Gasteiger partial charge in [0.1, 0.15) is 5.58 Å². The first kappa shape index (κ1) is 15.1. The normalized spacial score (nSPS) is 16.2. The summed E-state index contributed by atoms with van der Waals surface area (Å²) in [6.45, 7) is 4.77. The standard InChI is InChI=1S/C17H22N2O3/c18-17(20)16-14(13-5-1-2-7-15(13)22-16)6-3-4-8-19-9-11-21-12-10-19/h1-2,5,7H,3-4,6,8-12H2,(H2,18,20). The molecule has 0 aliphatic carbocycles. The zero-order valence-electron chi connectivity index (χ0n) is 12.7. The smallest absolute Gasteiger partial charge is 0.284 e. The molecule has 118 valence electrons. The summed E-state index contributed by atoms with van der Waals surface area (Å²) < 4.78 is 11.0. The Balaban J connectivity index is 1.62. The molecule has 5 heteroatoms. The van der Waals surface area contributed by atoms with Crippen LogP contribution in [0.1, 0.15) is 29.0 Å². The van der Waals surface area contributed by atoms with E-state index in [9.17, 15) is 4.79 Å². The van der Waals surface area contributed by atoms with Crippen LogP contribution in [0.3, 0.4) is 0 Å². The van der Waals surface area contributed by atoms with Gasteiger partial charge in [-0.3, -0.25) is 9.69 Å². The zero-order valence-corrected chi connectivity index (χ0v) is 12.7. The molecule has 0 unspecified atom stereocenters. The molecule has 1 aromatic heterocycles. The number of ether oxygens (including phenoxy) is 1. The van der Waals surface area contributed by atoms with Crippen molar-refractivity contribution in [2.45, 2.75) is 19.3 Å². The van der Waals surface area contributed by atoms with Crippen LogP contribution in [-0.4, -0.2) is 43.7 Å². The van der Waals surface area contributed by atoms with Crippen LogP contribution in [0.15, 0.2) is 28.7 Å². The van der Waals surface area contributed by atoms with E-state index in [1.165, 1.54) is 0 Å². The number of morpholine rings is 1. The summed E-state index contributed by atoms with van der Waals surface area (Å²) in [6.07, 6.45) is 2.93. The molecule has 0 saturated carbocycles. The summed E-state index contributed by atoms with van der Waals surface area (Å²) in [5.74, 6) is -0.174. The predicted octanol–water partition coefficient (Wildman–Crippen LogP) is 2.19. The topological polar surface area (TPSA) is 68.7 Å². The van der Waals surface area contributed by atoms with Gasteiger partial charge in [-0.1, -0.05) is 18.2 Å². The average molecular weight is 302 g/mol. The van der Waals surface area contributed by atoms with Gasteiger partial charge in [0.05, 0.1) is 13.2 Å². The van der Waals surface area contributed by atoms with Gasteiger partial charge in [-0.2, -0.15) is 0 Å². The van der Waals surface area contributed by atoms with Crippen molar-refractivity contribution in [1.82, 2.24) is 4.90 Å². The molecule has 1 saturated heterocycles. The fourth-order valence-corrected chi connectivity index (χ4v) is 3.01. The van der Waals surface area contributed by atoms with Crippen LogP contribution in [0.4, 0.5) is 0 Å². The minimum atomic E-state index is -0.487. The summed E-state index contributed by atoms with van der Waals surface area (Å²) in [6, 6.07) is 7.72. The number of rotatable bonds is 6. The van der Waals surface area contributed by atoms with Gasteiger partial charge in [0, 0.05) is 24.0 Å². The highest BCUT2D eigenvalue weighted by molar-refractivity contribution is 5.98. The number of nitrogens with two attached hydrogens (primary N) is 1. The summed E-state index contributed by atoms with van der Waals surface area (Å²) >= 11 is 0. The summed E-state index contributed by atoms with van der Waals surface area (Å²) in [4.78, 5) is 14.0. The van der Waals surface area contributed by atoms with Crippen LogP contribution in [0.25, 0.3) is 11.0 Å². The van der Waals surface area contributed by atoms with Crippen molar-refractivity contribution < 1.29 is 13.9 Å². The SMILES string of the molecule is NC(=O)c1oc2ccccc2c1CCCCN1CCOCC1. The highest BCUT2D eigenvalue weighted by Gasteiger charge is 2.18. The Morgan fingerprint density at radius 2 is 1.95 bits per heavy atom. The molecule has 1 aliphatic rings. The maximum atomic E-state index is 11.6. The highest BCUT2D eigenvalue weighted by Crippen LogP contribution is 2.27. The third-order valence-corrected chi connectivity index (χ3v) is 4.18. The third-order valence-electron chi connectivity index (χ3n) is 4.18. The molecule has 2 N–H and O–H groups in total.